The van der Waals surface area contributed by atoms with Gasteiger partial charge in [0.15, 0.2) is 5.96 Å². The molecule has 110 valence electrons. The van der Waals surface area contributed by atoms with Gasteiger partial charge in [0.05, 0.1) is 13.2 Å². The third kappa shape index (κ3) is 3.73. The lowest BCUT2D eigenvalue weighted by molar-refractivity contribution is -0.0972. The predicted molar refractivity (Wildman–Crippen MR) is 82.9 cm³/mol. The number of hydrogen-bond donors (Lipinski definition) is 1. The first-order valence-corrected chi connectivity index (χ1v) is 7.07. The molecular weight excluding hydrogens is 250 g/mol. The SMILES string of the molecule is CN=C(NCC1(C)COC1)N(C)Cc1ccc(C)cc1. The van der Waals surface area contributed by atoms with E-state index in [2.05, 4.69) is 60.4 Å². The standard InChI is InChI=1S/C16H25N3O/c1-13-5-7-14(8-6-13)9-19(4)15(17-3)18-10-16(2)11-20-12-16/h5-8H,9-12H2,1-4H3,(H,17,18). The molecule has 4 heteroatoms. The van der Waals surface area contributed by atoms with E-state index in [9.17, 15) is 0 Å². The molecule has 0 aromatic heterocycles. The highest BCUT2D eigenvalue weighted by atomic mass is 16.5. The van der Waals surface area contributed by atoms with Crippen LogP contribution < -0.4 is 5.32 Å². The van der Waals surface area contributed by atoms with Gasteiger partial charge in [-0.15, -0.1) is 0 Å². The van der Waals surface area contributed by atoms with Crippen LogP contribution in [0.3, 0.4) is 0 Å². The van der Waals surface area contributed by atoms with Crippen LogP contribution in [-0.4, -0.2) is 44.7 Å². The van der Waals surface area contributed by atoms with Crippen LogP contribution in [0.15, 0.2) is 29.3 Å². The fraction of sp³-hybridized carbons (Fsp3) is 0.562. The van der Waals surface area contributed by atoms with Gasteiger partial charge in [-0.3, -0.25) is 4.99 Å². The van der Waals surface area contributed by atoms with Crippen molar-refractivity contribution in [2.45, 2.75) is 20.4 Å². The summed E-state index contributed by atoms with van der Waals surface area (Å²) < 4.78 is 5.28. The molecule has 0 unspecified atom stereocenters. The van der Waals surface area contributed by atoms with Crippen molar-refractivity contribution in [3.63, 3.8) is 0 Å². The summed E-state index contributed by atoms with van der Waals surface area (Å²) in [6.45, 7) is 7.76. The van der Waals surface area contributed by atoms with E-state index >= 15 is 0 Å². The number of ether oxygens (including phenoxy) is 1. The minimum absolute atomic E-state index is 0.251. The molecule has 1 aromatic carbocycles. The van der Waals surface area contributed by atoms with Crippen molar-refractivity contribution in [3.05, 3.63) is 35.4 Å². The Morgan fingerprint density at radius 2 is 2.00 bits per heavy atom. The van der Waals surface area contributed by atoms with Gasteiger partial charge in [-0.1, -0.05) is 36.8 Å². The minimum Gasteiger partial charge on any atom is -0.380 e. The fourth-order valence-electron chi connectivity index (χ4n) is 2.27. The summed E-state index contributed by atoms with van der Waals surface area (Å²) in [7, 11) is 3.89. The zero-order valence-corrected chi connectivity index (χ0v) is 12.9. The zero-order valence-electron chi connectivity index (χ0n) is 12.9. The lowest BCUT2D eigenvalue weighted by atomic mass is 9.89. The molecule has 1 aliphatic rings. The van der Waals surface area contributed by atoms with Gasteiger partial charge >= 0.3 is 0 Å². The third-order valence-electron chi connectivity index (χ3n) is 3.69. The molecule has 2 rings (SSSR count). The fourth-order valence-corrected chi connectivity index (χ4v) is 2.27. The van der Waals surface area contributed by atoms with Crippen LogP contribution in [0.25, 0.3) is 0 Å². The van der Waals surface area contributed by atoms with E-state index in [0.717, 1.165) is 32.3 Å². The van der Waals surface area contributed by atoms with Crippen LogP contribution in [0.1, 0.15) is 18.1 Å². The number of nitrogens with one attached hydrogen (secondary N) is 1. The Bertz CT molecular complexity index is 463. The van der Waals surface area contributed by atoms with Crippen LogP contribution in [-0.2, 0) is 11.3 Å². The van der Waals surface area contributed by atoms with Crippen molar-refractivity contribution >= 4 is 5.96 Å². The second-order valence-corrected chi connectivity index (χ2v) is 6.05. The highest BCUT2D eigenvalue weighted by molar-refractivity contribution is 5.79. The Balaban J connectivity index is 1.88. The van der Waals surface area contributed by atoms with E-state index in [4.69, 9.17) is 4.74 Å². The first-order chi connectivity index (χ1) is 9.52. The molecule has 0 saturated carbocycles. The number of hydrogen-bond acceptors (Lipinski definition) is 2. The average Bonchev–Trinajstić information content (AvgIpc) is 2.40. The predicted octanol–water partition coefficient (Wildman–Crippen LogP) is 2.04. The van der Waals surface area contributed by atoms with Gasteiger partial charge in [0.25, 0.3) is 0 Å². The molecule has 1 heterocycles. The maximum absolute atomic E-state index is 5.28. The van der Waals surface area contributed by atoms with Crippen LogP contribution in [0, 0.1) is 12.3 Å². The second kappa shape index (κ2) is 6.27. The van der Waals surface area contributed by atoms with E-state index < -0.39 is 0 Å². The maximum Gasteiger partial charge on any atom is 0.193 e. The summed E-state index contributed by atoms with van der Waals surface area (Å²) in [5, 5.41) is 3.44. The molecule has 1 aromatic rings. The van der Waals surface area contributed by atoms with Crippen molar-refractivity contribution in [2.75, 3.05) is 33.9 Å². The van der Waals surface area contributed by atoms with Gasteiger partial charge in [0, 0.05) is 32.6 Å². The zero-order chi connectivity index (χ0) is 14.6. The van der Waals surface area contributed by atoms with E-state index in [1.165, 1.54) is 11.1 Å². The van der Waals surface area contributed by atoms with E-state index in [1.54, 1.807) is 0 Å². The van der Waals surface area contributed by atoms with Crippen molar-refractivity contribution in [3.8, 4) is 0 Å². The summed E-state index contributed by atoms with van der Waals surface area (Å²) in [6, 6.07) is 8.62. The minimum atomic E-state index is 0.251. The van der Waals surface area contributed by atoms with Gasteiger partial charge in [0.2, 0.25) is 0 Å². The number of benzene rings is 1. The van der Waals surface area contributed by atoms with Crippen LogP contribution in [0.5, 0.6) is 0 Å². The van der Waals surface area contributed by atoms with E-state index in [1.807, 2.05) is 7.05 Å². The Hall–Kier alpha value is -1.55. The summed E-state index contributed by atoms with van der Waals surface area (Å²) in [5.74, 6) is 0.929. The quantitative estimate of drug-likeness (QED) is 0.675. The molecule has 20 heavy (non-hydrogen) atoms. The Kier molecular flexibility index (Phi) is 4.65. The summed E-state index contributed by atoms with van der Waals surface area (Å²) in [6.07, 6.45) is 0. The lowest BCUT2D eigenvalue weighted by Gasteiger charge is -2.39. The number of aryl methyl sites for hydroxylation is 1. The van der Waals surface area contributed by atoms with Gasteiger partial charge in [-0.25, -0.2) is 0 Å². The molecule has 0 aliphatic carbocycles. The summed E-state index contributed by atoms with van der Waals surface area (Å²) in [4.78, 5) is 6.50. The summed E-state index contributed by atoms with van der Waals surface area (Å²) in [5.41, 5.74) is 2.83. The number of aliphatic imine (C=N–C) groups is 1. The molecular formula is C16H25N3O. The Morgan fingerprint density at radius 3 is 2.50 bits per heavy atom. The maximum atomic E-state index is 5.28. The molecule has 1 N–H and O–H groups in total. The van der Waals surface area contributed by atoms with Crippen molar-refractivity contribution in [1.29, 1.82) is 0 Å². The smallest absolute Gasteiger partial charge is 0.193 e. The highest BCUT2D eigenvalue weighted by Gasteiger charge is 2.33. The normalized spacial score (nSPS) is 17.5. The lowest BCUT2D eigenvalue weighted by Crippen LogP contribution is -2.51. The summed E-state index contributed by atoms with van der Waals surface area (Å²) >= 11 is 0. The van der Waals surface area contributed by atoms with E-state index in [-0.39, 0.29) is 5.41 Å². The van der Waals surface area contributed by atoms with Crippen molar-refractivity contribution in [2.24, 2.45) is 10.4 Å². The van der Waals surface area contributed by atoms with Gasteiger partial charge in [-0.05, 0) is 12.5 Å². The molecule has 0 amide bonds. The van der Waals surface area contributed by atoms with Gasteiger partial charge < -0.3 is 15.0 Å². The monoisotopic (exact) mass is 275 g/mol. The Labute approximate surface area is 121 Å². The van der Waals surface area contributed by atoms with E-state index in [0.29, 0.717) is 0 Å². The Morgan fingerprint density at radius 1 is 1.35 bits per heavy atom. The molecule has 1 fully saturated rings. The third-order valence-corrected chi connectivity index (χ3v) is 3.69. The highest BCUT2D eigenvalue weighted by Crippen LogP contribution is 2.25. The molecule has 1 aliphatic heterocycles. The van der Waals surface area contributed by atoms with Crippen molar-refractivity contribution in [1.82, 2.24) is 10.2 Å². The molecule has 0 bridgehead atoms. The number of nitrogens with zero attached hydrogens (tertiary/aromatic N) is 2. The van der Waals surface area contributed by atoms with Gasteiger partial charge in [-0.2, -0.15) is 0 Å². The van der Waals surface area contributed by atoms with Crippen LogP contribution in [0.2, 0.25) is 0 Å². The molecule has 4 nitrogen and oxygen atoms in total. The van der Waals surface area contributed by atoms with Crippen molar-refractivity contribution < 1.29 is 4.74 Å². The van der Waals surface area contributed by atoms with Gasteiger partial charge in [0.1, 0.15) is 0 Å². The molecule has 0 radical (unpaired) electrons. The molecule has 0 atom stereocenters. The number of guanidine groups is 1. The second-order valence-electron chi connectivity index (χ2n) is 6.05. The van der Waals surface area contributed by atoms with Crippen LogP contribution >= 0.6 is 0 Å². The molecule has 1 saturated heterocycles. The molecule has 0 spiro atoms. The first-order valence-electron chi connectivity index (χ1n) is 7.07. The average molecular weight is 275 g/mol. The largest absolute Gasteiger partial charge is 0.380 e. The van der Waals surface area contributed by atoms with Crippen LogP contribution in [0.4, 0.5) is 0 Å². The first kappa shape index (κ1) is 14.9. The number of rotatable bonds is 4. The topological polar surface area (TPSA) is 36.9 Å².